The number of hydrogen-bond donors (Lipinski definition) is 0. The van der Waals surface area contributed by atoms with Gasteiger partial charge in [0, 0.05) is 9.75 Å². The molecule has 2 aromatic rings. The lowest BCUT2D eigenvalue weighted by Crippen LogP contribution is -1.93. The van der Waals surface area contributed by atoms with Crippen LogP contribution in [0.2, 0.25) is 0 Å². The molecule has 0 spiro atoms. The number of benzene rings is 1. The van der Waals surface area contributed by atoms with Gasteiger partial charge in [-0.05, 0) is 43.5 Å². The normalized spacial score (nSPS) is 10.4. The summed E-state index contributed by atoms with van der Waals surface area (Å²) in [6, 6.07) is 12.6. The molecular formula is C14H16OS. The van der Waals surface area contributed by atoms with Gasteiger partial charge in [0.2, 0.25) is 0 Å². The van der Waals surface area contributed by atoms with Crippen LogP contribution in [0.3, 0.4) is 0 Å². The summed E-state index contributed by atoms with van der Waals surface area (Å²) in [5.41, 5.74) is 1.29. The Kier molecular flexibility index (Phi) is 3.62. The highest BCUT2D eigenvalue weighted by molar-refractivity contribution is 7.11. The molecule has 1 heterocycles. The lowest BCUT2D eigenvalue weighted by molar-refractivity contribution is 0.409. The van der Waals surface area contributed by atoms with Crippen LogP contribution in [-0.4, -0.2) is 7.11 Å². The average molecular weight is 232 g/mol. The molecule has 0 aliphatic rings. The zero-order chi connectivity index (χ0) is 11.4. The van der Waals surface area contributed by atoms with E-state index in [1.165, 1.54) is 15.3 Å². The molecule has 1 nitrogen and oxygen atoms in total. The Balaban J connectivity index is 2.04. The Morgan fingerprint density at radius 3 is 2.56 bits per heavy atom. The van der Waals surface area contributed by atoms with Gasteiger partial charge in [0.15, 0.2) is 0 Å². The number of para-hydroxylation sites is 1. The fourth-order valence-corrected chi connectivity index (χ4v) is 2.68. The highest BCUT2D eigenvalue weighted by Crippen LogP contribution is 2.22. The molecule has 0 bridgehead atoms. The van der Waals surface area contributed by atoms with Crippen molar-refractivity contribution in [2.75, 3.05) is 7.11 Å². The molecule has 0 aliphatic heterocycles. The molecule has 0 fully saturated rings. The van der Waals surface area contributed by atoms with Gasteiger partial charge in [-0.1, -0.05) is 18.2 Å². The molecule has 0 atom stereocenters. The minimum Gasteiger partial charge on any atom is -0.496 e. The maximum Gasteiger partial charge on any atom is 0.122 e. The zero-order valence-corrected chi connectivity index (χ0v) is 10.5. The summed E-state index contributed by atoms with van der Waals surface area (Å²) in [7, 11) is 1.73. The Morgan fingerprint density at radius 2 is 1.88 bits per heavy atom. The van der Waals surface area contributed by atoms with Crippen molar-refractivity contribution in [3.8, 4) is 5.75 Å². The van der Waals surface area contributed by atoms with E-state index in [-0.39, 0.29) is 0 Å². The van der Waals surface area contributed by atoms with Crippen molar-refractivity contribution in [2.45, 2.75) is 19.8 Å². The highest BCUT2D eigenvalue weighted by atomic mass is 32.1. The molecular weight excluding hydrogens is 216 g/mol. The topological polar surface area (TPSA) is 9.23 Å². The lowest BCUT2D eigenvalue weighted by atomic mass is 10.1. The Hall–Kier alpha value is -1.28. The largest absolute Gasteiger partial charge is 0.496 e. The van der Waals surface area contributed by atoms with Gasteiger partial charge in [0.05, 0.1) is 7.11 Å². The van der Waals surface area contributed by atoms with Crippen LogP contribution < -0.4 is 4.74 Å². The summed E-state index contributed by atoms with van der Waals surface area (Å²) in [4.78, 5) is 2.83. The molecule has 0 amide bonds. The summed E-state index contributed by atoms with van der Waals surface area (Å²) >= 11 is 1.88. The van der Waals surface area contributed by atoms with Gasteiger partial charge >= 0.3 is 0 Å². The molecule has 0 unspecified atom stereocenters. The van der Waals surface area contributed by atoms with Crippen LogP contribution in [-0.2, 0) is 12.8 Å². The number of methoxy groups -OCH3 is 1. The van der Waals surface area contributed by atoms with Crippen LogP contribution in [0.1, 0.15) is 15.3 Å². The summed E-state index contributed by atoms with van der Waals surface area (Å²) in [6.07, 6.45) is 2.14. The van der Waals surface area contributed by atoms with Gasteiger partial charge in [-0.3, -0.25) is 0 Å². The number of hydrogen-bond acceptors (Lipinski definition) is 2. The van der Waals surface area contributed by atoms with Crippen LogP contribution in [0.25, 0.3) is 0 Å². The van der Waals surface area contributed by atoms with Crippen LogP contribution in [0, 0.1) is 6.92 Å². The van der Waals surface area contributed by atoms with Crippen molar-refractivity contribution in [3.05, 3.63) is 51.7 Å². The minimum atomic E-state index is 0.996. The maximum atomic E-state index is 5.34. The summed E-state index contributed by atoms with van der Waals surface area (Å²) in [5.74, 6) is 0.996. The van der Waals surface area contributed by atoms with Gasteiger partial charge in [0.1, 0.15) is 5.75 Å². The maximum absolute atomic E-state index is 5.34. The Bertz CT molecular complexity index is 459. The first-order chi connectivity index (χ1) is 7.79. The standard InChI is InChI=1S/C14H16OS/c1-11-7-9-13(16-11)10-8-12-5-3-4-6-14(12)15-2/h3-7,9H,8,10H2,1-2H3. The minimum absolute atomic E-state index is 0.996. The monoisotopic (exact) mass is 232 g/mol. The van der Waals surface area contributed by atoms with E-state index in [2.05, 4.69) is 31.2 Å². The number of thiophene rings is 1. The van der Waals surface area contributed by atoms with Crippen LogP contribution in [0.5, 0.6) is 5.75 Å². The third-order valence-corrected chi connectivity index (χ3v) is 3.69. The quantitative estimate of drug-likeness (QED) is 0.778. The summed E-state index contributed by atoms with van der Waals surface area (Å²) in [6.45, 7) is 2.15. The third kappa shape index (κ3) is 2.64. The highest BCUT2D eigenvalue weighted by Gasteiger charge is 2.03. The van der Waals surface area contributed by atoms with E-state index in [9.17, 15) is 0 Å². The third-order valence-electron chi connectivity index (χ3n) is 2.63. The summed E-state index contributed by atoms with van der Waals surface area (Å²) < 4.78 is 5.34. The van der Waals surface area contributed by atoms with Crippen molar-refractivity contribution < 1.29 is 4.74 Å². The second kappa shape index (κ2) is 5.17. The van der Waals surface area contributed by atoms with Gasteiger partial charge in [-0.15, -0.1) is 11.3 Å². The van der Waals surface area contributed by atoms with Gasteiger partial charge in [0.25, 0.3) is 0 Å². The average Bonchev–Trinajstić information content (AvgIpc) is 2.73. The fourth-order valence-electron chi connectivity index (χ4n) is 1.79. The van der Waals surface area contributed by atoms with E-state index in [4.69, 9.17) is 4.74 Å². The van der Waals surface area contributed by atoms with Gasteiger partial charge in [-0.2, -0.15) is 0 Å². The molecule has 2 heteroatoms. The molecule has 0 saturated heterocycles. The van der Waals surface area contributed by atoms with Crippen LogP contribution in [0.4, 0.5) is 0 Å². The number of aryl methyl sites for hydroxylation is 3. The van der Waals surface area contributed by atoms with Gasteiger partial charge in [-0.25, -0.2) is 0 Å². The SMILES string of the molecule is COc1ccccc1CCc1ccc(C)s1. The Morgan fingerprint density at radius 1 is 1.06 bits per heavy atom. The van der Waals surface area contributed by atoms with Gasteiger partial charge < -0.3 is 4.74 Å². The molecule has 16 heavy (non-hydrogen) atoms. The molecule has 2 rings (SSSR count). The molecule has 0 radical (unpaired) electrons. The van der Waals surface area contributed by atoms with E-state index < -0.39 is 0 Å². The van der Waals surface area contributed by atoms with E-state index in [1.54, 1.807) is 7.11 Å². The number of rotatable bonds is 4. The van der Waals surface area contributed by atoms with Crippen LogP contribution >= 0.6 is 11.3 Å². The molecule has 1 aromatic carbocycles. The first-order valence-electron chi connectivity index (χ1n) is 5.47. The molecule has 84 valence electrons. The van der Waals surface area contributed by atoms with Crippen molar-refractivity contribution in [2.24, 2.45) is 0 Å². The molecule has 1 aromatic heterocycles. The van der Waals surface area contributed by atoms with Crippen molar-refractivity contribution in [1.29, 1.82) is 0 Å². The second-order valence-corrected chi connectivity index (χ2v) is 5.20. The van der Waals surface area contributed by atoms with Crippen LogP contribution in [0.15, 0.2) is 36.4 Å². The first kappa shape index (κ1) is 11.2. The van der Waals surface area contributed by atoms with E-state index >= 15 is 0 Å². The number of ether oxygens (including phenoxy) is 1. The predicted octanol–water partition coefficient (Wildman–Crippen LogP) is 3.85. The van der Waals surface area contributed by atoms with E-state index in [1.807, 2.05) is 23.5 Å². The van der Waals surface area contributed by atoms with Crippen molar-refractivity contribution in [1.82, 2.24) is 0 Å². The smallest absolute Gasteiger partial charge is 0.122 e. The molecule has 0 saturated carbocycles. The molecule has 0 N–H and O–H groups in total. The fraction of sp³-hybridized carbons (Fsp3) is 0.286. The van der Waals surface area contributed by atoms with Crippen molar-refractivity contribution in [3.63, 3.8) is 0 Å². The Labute approximate surface area is 101 Å². The zero-order valence-electron chi connectivity index (χ0n) is 9.69. The van der Waals surface area contributed by atoms with E-state index in [0.29, 0.717) is 0 Å². The first-order valence-corrected chi connectivity index (χ1v) is 6.28. The summed E-state index contributed by atoms with van der Waals surface area (Å²) in [5, 5.41) is 0. The lowest BCUT2D eigenvalue weighted by Gasteiger charge is -2.06. The molecule has 0 aliphatic carbocycles. The second-order valence-electron chi connectivity index (χ2n) is 3.82. The predicted molar refractivity (Wildman–Crippen MR) is 69.5 cm³/mol. The van der Waals surface area contributed by atoms with Crippen molar-refractivity contribution >= 4 is 11.3 Å². The van der Waals surface area contributed by atoms with E-state index in [0.717, 1.165) is 18.6 Å².